The first-order chi connectivity index (χ1) is 12.1. The second-order valence-corrected chi connectivity index (χ2v) is 6.89. The van der Waals surface area contributed by atoms with Crippen LogP contribution in [-0.4, -0.2) is 44.4 Å². The Labute approximate surface area is 150 Å². The van der Waals surface area contributed by atoms with E-state index in [-0.39, 0.29) is 36.5 Å². The topological polar surface area (TPSA) is 112 Å². The average Bonchev–Trinajstić information content (AvgIpc) is 2.97. The number of aromatic hydroxyl groups is 1. The van der Waals surface area contributed by atoms with Gasteiger partial charge >= 0.3 is 11.9 Å². The van der Waals surface area contributed by atoms with Crippen molar-refractivity contribution in [1.29, 1.82) is 0 Å². The number of aromatic nitrogens is 3. The highest BCUT2D eigenvalue weighted by atomic mass is 16.5. The molecule has 0 unspecified atom stereocenters. The van der Waals surface area contributed by atoms with Crippen molar-refractivity contribution in [3.05, 3.63) is 27.7 Å². The average molecular weight is 365 g/mol. The third kappa shape index (κ3) is 3.71. The number of nitrogens with zero attached hydrogens (tertiary/aromatic N) is 3. The van der Waals surface area contributed by atoms with Crippen molar-refractivity contribution >= 4 is 17.6 Å². The molecule has 9 heteroatoms. The van der Waals surface area contributed by atoms with Crippen molar-refractivity contribution in [2.45, 2.75) is 41.2 Å². The number of ether oxygens (including phenoxy) is 2. The largest absolute Gasteiger partial charge is 0.492 e. The van der Waals surface area contributed by atoms with Gasteiger partial charge in [0.25, 0.3) is 5.56 Å². The van der Waals surface area contributed by atoms with Gasteiger partial charge in [-0.1, -0.05) is 20.8 Å². The lowest BCUT2D eigenvalue weighted by atomic mass is 9.97. The summed E-state index contributed by atoms with van der Waals surface area (Å²) in [7, 11) is 0. The van der Waals surface area contributed by atoms with Crippen molar-refractivity contribution in [3.8, 4) is 5.88 Å². The van der Waals surface area contributed by atoms with Crippen LogP contribution >= 0.6 is 0 Å². The minimum absolute atomic E-state index is 0.0439. The van der Waals surface area contributed by atoms with Crippen LogP contribution in [-0.2, 0) is 16.0 Å². The lowest BCUT2D eigenvalue weighted by molar-refractivity contribution is 0.0511. The molecule has 1 N–H and O–H groups in total. The van der Waals surface area contributed by atoms with Gasteiger partial charge in [-0.25, -0.2) is 9.59 Å². The van der Waals surface area contributed by atoms with Crippen LogP contribution in [0.1, 0.15) is 55.5 Å². The van der Waals surface area contributed by atoms with Crippen molar-refractivity contribution in [2.24, 2.45) is 5.41 Å². The van der Waals surface area contributed by atoms with Crippen LogP contribution in [0.3, 0.4) is 0 Å². The monoisotopic (exact) mass is 365 g/mol. The number of carbonyl (C=O) groups excluding carboxylic acids is 2. The first-order valence-corrected chi connectivity index (χ1v) is 8.30. The molecule has 9 nitrogen and oxygen atoms in total. The molecular formula is C17H23N3O6. The maximum absolute atomic E-state index is 12.8. The fourth-order valence-corrected chi connectivity index (χ4v) is 2.47. The molecule has 0 aliphatic heterocycles. The van der Waals surface area contributed by atoms with Crippen LogP contribution in [0, 0.1) is 5.41 Å². The van der Waals surface area contributed by atoms with Crippen molar-refractivity contribution < 1.29 is 24.2 Å². The smallest absolute Gasteiger partial charge is 0.358 e. The van der Waals surface area contributed by atoms with Gasteiger partial charge < -0.3 is 14.6 Å². The van der Waals surface area contributed by atoms with E-state index in [0.29, 0.717) is 0 Å². The summed E-state index contributed by atoms with van der Waals surface area (Å²) < 4.78 is 12.1. The Hall–Kier alpha value is -2.84. The zero-order chi connectivity index (χ0) is 19.6. The summed E-state index contributed by atoms with van der Waals surface area (Å²) in [5.41, 5.74) is -1.45. The lowest BCUT2D eigenvalue weighted by Crippen LogP contribution is -2.33. The predicted molar refractivity (Wildman–Crippen MR) is 92.5 cm³/mol. The van der Waals surface area contributed by atoms with E-state index in [9.17, 15) is 19.5 Å². The third-order valence-electron chi connectivity index (χ3n) is 3.45. The Morgan fingerprint density at radius 2 is 1.73 bits per heavy atom. The summed E-state index contributed by atoms with van der Waals surface area (Å²) in [4.78, 5) is 37.0. The fraction of sp³-hybridized carbons (Fsp3) is 0.529. The van der Waals surface area contributed by atoms with Gasteiger partial charge in [0.15, 0.2) is 11.3 Å². The molecular weight excluding hydrogens is 342 g/mol. The van der Waals surface area contributed by atoms with E-state index in [2.05, 4.69) is 5.10 Å². The van der Waals surface area contributed by atoms with Crippen LogP contribution in [0.5, 0.6) is 5.88 Å². The zero-order valence-corrected chi connectivity index (χ0v) is 15.5. The molecule has 0 aromatic carbocycles. The minimum Gasteiger partial charge on any atom is -0.492 e. The fourth-order valence-electron chi connectivity index (χ4n) is 2.47. The number of carbonyl (C=O) groups is 2. The van der Waals surface area contributed by atoms with Crippen LogP contribution in [0.4, 0.5) is 0 Å². The second-order valence-electron chi connectivity index (χ2n) is 6.89. The summed E-state index contributed by atoms with van der Waals surface area (Å²) in [5.74, 6) is -2.32. The quantitative estimate of drug-likeness (QED) is 0.801. The third-order valence-corrected chi connectivity index (χ3v) is 3.45. The molecule has 2 rings (SSSR count). The highest BCUT2D eigenvalue weighted by molar-refractivity contribution is 5.92. The van der Waals surface area contributed by atoms with Crippen LogP contribution in [0.25, 0.3) is 5.65 Å². The molecule has 0 atom stereocenters. The molecule has 0 amide bonds. The van der Waals surface area contributed by atoms with E-state index in [1.807, 2.05) is 20.8 Å². The van der Waals surface area contributed by atoms with Crippen LogP contribution < -0.4 is 5.56 Å². The molecule has 2 aromatic rings. The molecule has 0 radical (unpaired) electrons. The molecule has 0 fully saturated rings. The van der Waals surface area contributed by atoms with E-state index >= 15 is 0 Å². The molecule has 142 valence electrons. The Morgan fingerprint density at radius 1 is 1.15 bits per heavy atom. The molecule has 0 spiro atoms. The maximum Gasteiger partial charge on any atom is 0.358 e. The lowest BCUT2D eigenvalue weighted by Gasteiger charge is -2.21. The van der Waals surface area contributed by atoms with Gasteiger partial charge in [0, 0.05) is 12.6 Å². The SMILES string of the molecule is CCOC(=O)c1cc2n(CC(C)(C)C)c(=O)c(C(=O)OCC)c(O)n2n1. The van der Waals surface area contributed by atoms with E-state index in [1.54, 1.807) is 13.8 Å². The first-order valence-electron chi connectivity index (χ1n) is 8.30. The van der Waals surface area contributed by atoms with Crippen molar-refractivity contribution in [1.82, 2.24) is 14.2 Å². The van der Waals surface area contributed by atoms with Crippen molar-refractivity contribution in [3.63, 3.8) is 0 Å². The van der Waals surface area contributed by atoms with Gasteiger partial charge in [-0.15, -0.1) is 0 Å². The summed E-state index contributed by atoms with van der Waals surface area (Å²) >= 11 is 0. The summed E-state index contributed by atoms with van der Waals surface area (Å²) in [6.45, 7) is 9.41. The second kappa shape index (κ2) is 7.19. The van der Waals surface area contributed by atoms with E-state index in [4.69, 9.17) is 9.47 Å². The minimum atomic E-state index is -0.951. The van der Waals surface area contributed by atoms with Gasteiger partial charge in [0.1, 0.15) is 5.65 Å². The maximum atomic E-state index is 12.8. The highest BCUT2D eigenvalue weighted by Gasteiger charge is 2.28. The van der Waals surface area contributed by atoms with Crippen molar-refractivity contribution in [2.75, 3.05) is 13.2 Å². The number of esters is 2. The molecule has 2 heterocycles. The molecule has 0 aliphatic rings. The molecule has 0 bridgehead atoms. The number of hydrogen-bond donors (Lipinski definition) is 1. The summed E-state index contributed by atoms with van der Waals surface area (Å²) in [6.07, 6.45) is 0. The number of rotatable bonds is 5. The van der Waals surface area contributed by atoms with Crippen LogP contribution in [0.2, 0.25) is 0 Å². The van der Waals surface area contributed by atoms with Gasteiger partial charge in [0.2, 0.25) is 5.88 Å². The highest BCUT2D eigenvalue weighted by Crippen LogP contribution is 2.22. The van der Waals surface area contributed by atoms with E-state index < -0.39 is 28.9 Å². The van der Waals surface area contributed by atoms with Gasteiger partial charge in [-0.2, -0.15) is 9.61 Å². The Bertz CT molecular complexity index is 904. The number of hydrogen-bond acceptors (Lipinski definition) is 7. The first kappa shape index (κ1) is 19.5. The predicted octanol–water partition coefficient (Wildman–Crippen LogP) is 1.60. The number of fused-ring (bicyclic) bond motifs is 1. The van der Waals surface area contributed by atoms with Crippen LogP contribution in [0.15, 0.2) is 10.9 Å². The normalized spacial score (nSPS) is 11.6. The molecule has 26 heavy (non-hydrogen) atoms. The molecule has 2 aromatic heterocycles. The molecule has 0 aliphatic carbocycles. The molecule has 0 saturated carbocycles. The van der Waals surface area contributed by atoms with Gasteiger partial charge in [-0.05, 0) is 19.3 Å². The van der Waals surface area contributed by atoms with E-state index in [1.165, 1.54) is 10.6 Å². The Balaban J connectivity index is 2.80. The Morgan fingerprint density at radius 3 is 2.27 bits per heavy atom. The summed E-state index contributed by atoms with van der Waals surface area (Å²) in [6, 6.07) is 1.35. The van der Waals surface area contributed by atoms with Gasteiger partial charge in [-0.3, -0.25) is 9.36 Å². The molecule has 0 saturated heterocycles. The standard InChI is InChI=1S/C17H23N3O6/c1-6-25-15(23)10-8-11-19(9-17(3,4)5)13(21)12(16(24)26-7-2)14(22)20(11)18-10/h8,22H,6-7,9H2,1-5H3. The van der Waals surface area contributed by atoms with E-state index in [0.717, 1.165) is 4.52 Å². The zero-order valence-electron chi connectivity index (χ0n) is 15.5. The van der Waals surface area contributed by atoms with Gasteiger partial charge in [0.05, 0.1) is 13.2 Å². The summed E-state index contributed by atoms with van der Waals surface area (Å²) in [5, 5.41) is 14.4. The Kier molecular flexibility index (Phi) is 5.38.